The highest BCUT2D eigenvalue weighted by Gasteiger charge is 2.18. The zero-order valence-corrected chi connectivity index (χ0v) is 8.43. The van der Waals surface area contributed by atoms with Gasteiger partial charge < -0.3 is 19.7 Å². The van der Waals surface area contributed by atoms with Gasteiger partial charge in [-0.2, -0.15) is 4.98 Å². The van der Waals surface area contributed by atoms with Crippen LogP contribution in [0.2, 0.25) is 0 Å². The molecule has 2 N–H and O–H groups in total. The standard InChI is InChI=1S/C8H13BN2O3/c1-11(2)7-5-4-6(9(12)13)8(10-7)14-3/h4-5,12-13H,1-3H3. The summed E-state index contributed by atoms with van der Waals surface area (Å²) in [5, 5.41) is 18.0. The molecule has 6 heteroatoms. The number of nitrogens with zero attached hydrogens (tertiary/aromatic N) is 2. The van der Waals surface area contributed by atoms with Crippen molar-refractivity contribution in [2.75, 3.05) is 26.1 Å². The Morgan fingerprint density at radius 1 is 1.36 bits per heavy atom. The largest absolute Gasteiger partial charge is 0.494 e. The summed E-state index contributed by atoms with van der Waals surface area (Å²) >= 11 is 0. The molecule has 1 rings (SSSR count). The van der Waals surface area contributed by atoms with Crippen molar-refractivity contribution < 1.29 is 14.8 Å². The Labute approximate surface area is 83.1 Å². The minimum Gasteiger partial charge on any atom is -0.481 e. The van der Waals surface area contributed by atoms with Crippen LogP contribution in [-0.4, -0.2) is 43.4 Å². The third kappa shape index (κ3) is 2.15. The van der Waals surface area contributed by atoms with E-state index in [1.807, 2.05) is 14.1 Å². The molecule has 0 spiro atoms. The molecule has 0 aliphatic heterocycles. The molecule has 0 bridgehead atoms. The van der Waals surface area contributed by atoms with Crippen LogP contribution in [0.5, 0.6) is 5.88 Å². The van der Waals surface area contributed by atoms with E-state index in [4.69, 9.17) is 14.8 Å². The summed E-state index contributed by atoms with van der Waals surface area (Å²) in [7, 11) is 3.56. The van der Waals surface area contributed by atoms with Crippen molar-refractivity contribution in [1.29, 1.82) is 0 Å². The van der Waals surface area contributed by atoms with Gasteiger partial charge in [0.2, 0.25) is 5.88 Å². The molecule has 0 saturated heterocycles. The van der Waals surface area contributed by atoms with Gasteiger partial charge in [0.1, 0.15) is 5.82 Å². The fourth-order valence-corrected chi connectivity index (χ4v) is 1.05. The van der Waals surface area contributed by atoms with Crippen LogP contribution in [0.15, 0.2) is 12.1 Å². The molecular formula is C8H13BN2O3. The monoisotopic (exact) mass is 196 g/mol. The van der Waals surface area contributed by atoms with Crippen molar-refractivity contribution in [3.05, 3.63) is 12.1 Å². The quantitative estimate of drug-likeness (QED) is 0.596. The molecule has 1 aromatic rings. The van der Waals surface area contributed by atoms with Gasteiger partial charge in [0.05, 0.1) is 7.11 Å². The Morgan fingerprint density at radius 3 is 2.43 bits per heavy atom. The van der Waals surface area contributed by atoms with E-state index in [1.54, 1.807) is 17.0 Å². The molecule has 0 fully saturated rings. The second-order valence-electron chi connectivity index (χ2n) is 3.04. The minimum atomic E-state index is -1.56. The Bertz CT molecular complexity index is 317. The lowest BCUT2D eigenvalue weighted by molar-refractivity contribution is 0.391. The van der Waals surface area contributed by atoms with Crippen LogP contribution in [0.25, 0.3) is 0 Å². The van der Waals surface area contributed by atoms with Gasteiger partial charge in [-0.3, -0.25) is 0 Å². The molecule has 0 atom stereocenters. The topological polar surface area (TPSA) is 65.8 Å². The number of rotatable bonds is 3. The number of hydrogen-bond acceptors (Lipinski definition) is 5. The summed E-state index contributed by atoms with van der Waals surface area (Å²) in [6.07, 6.45) is 0. The number of ether oxygens (including phenoxy) is 1. The molecule has 0 aromatic carbocycles. The molecule has 1 aromatic heterocycles. The maximum atomic E-state index is 8.99. The number of methoxy groups -OCH3 is 1. The highest BCUT2D eigenvalue weighted by molar-refractivity contribution is 6.59. The maximum Gasteiger partial charge on any atom is 0.494 e. The van der Waals surface area contributed by atoms with E-state index in [-0.39, 0.29) is 11.3 Å². The Balaban J connectivity index is 3.11. The van der Waals surface area contributed by atoms with Crippen molar-refractivity contribution in [3.63, 3.8) is 0 Å². The normalized spacial score (nSPS) is 9.79. The van der Waals surface area contributed by atoms with E-state index in [9.17, 15) is 0 Å². The maximum absolute atomic E-state index is 8.99. The molecule has 1 heterocycles. The predicted octanol–water partition coefficient (Wildman–Crippen LogP) is -1.16. The van der Waals surface area contributed by atoms with E-state index in [0.29, 0.717) is 5.82 Å². The SMILES string of the molecule is COc1nc(N(C)C)ccc1B(O)O. The lowest BCUT2D eigenvalue weighted by Crippen LogP contribution is -2.32. The molecule has 76 valence electrons. The Hall–Kier alpha value is -1.27. The van der Waals surface area contributed by atoms with Gasteiger partial charge in [0, 0.05) is 19.6 Å². The summed E-state index contributed by atoms with van der Waals surface area (Å²) in [4.78, 5) is 5.90. The van der Waals surface area contributed by atoms with Gasteiger partial charge in [-0.05, 0) is 6.07 Å². The van der Waals surface area contributed by atoms with Crippen LogP contribution in [0.4, 0.5) is 5.82 Å². The van der Waals surface area contributed by atoms with Crippen molar-refractivity contribution in [2.24, 2.45) is 0 Å². The van der Waals surface area contributed by atoms with Gasteiger partial charge in [0.15, 0.2) is 0 Å². The summed E-state index contributed by atoms with van der Waals surface area (Å²) in [6, 6.07) is 3.27. The highest BCUT2D eigenvalue weighted by Crippen LogP contribution is 2.11. The van der Waals surface area contributed by atoms with Gasteiger partial charge >= 0.3 is 7.12 Å². The fraction of sp³-hybridized carbons (Fsp3) is 0.375. The first-order valence-corrected chi connectivity index (χ1v) is 4.14. The van der Waals surface area contributed by atoms with E-state index >= 15 is 0 Å². The zero-order chi connectivity index (χ0) is 10.7. The van der Waals surface area contributed by atoms with Gasteiger partial charge in [-0.1, -0.05) is 6.07 Å². The number of aromatic nitrogens is 1. The van der Waals surface area contributed by atoms with Crippen LogP contribution in [0, 0.1) is 0 Å². The number of pyridine rings is 1. The molecule has 14 heavy (non-hydrogen) atoms. The van der Waals surface area contributed by atoms with Crippen molar-refractivity contribution in [3.8, 4) is 5.88 Å². The fourth-order valence-electron chi connectivity index (χ4n) is 1.05. The Kier molecular flexibility index (Phi) is 3.32. The van der Waals surface area contributed by atoms with E-state index in [2.05, 4.69) is 4.98 Å². The molecule has 0 aliphatic carbocycles. The number of hydrogen-bond donors (Lipinski definition) is 2. The first-order valence-electron chi connectivity index (χ1n) is 4.14. The van der Waals surface area contributed by atoms with Crippen LogP contribution in [-0.2, 0) is 0 Å². The lowest BCUT2D eigenvalue weighted by atomic mass is 9.81. The van der Waals surface area contributed by atoms with E-state index in [0.717, 1.165) is 0 Å². The van der Waals surface area contributed by atoms with Crippen molar-refractivity contribution in [2.45, 2.75) is 0 Å². The molecule has 0 saturated carbocycles. The van der Waals surface area contributed by atoms with E-state index < -0.39 is 7.12 Å². The predicted molar refractivity (Wildman–Crippen MR) is 54.9 cm³/mol. The molecule has 0 unspecified atom stereocenters. The van der Waals surface area contributed by atoms with E-state index in [1.165, 1.54) is 7.11 Å². The van der Waals surface area contributed by atoms with Gasteiger partial charge in [-0.15, -0.1) is 0 Å². The average Bonchev–Trinajstić information content (AvgIpc) is 2.16. The first kappa shape index (κ1) is 10.8. The molecule has 0 aliphatic rings. The molecular weight excluding hydrogens is 183 g/mol. The smallest absolute Gasteiger partial charge is 0.481 e. The second kappa shape index (κ2) is 4.30. The lowest BCUT2D eigenvalue weighted by Gasteiger charge is -2.14. The van der Waals surface area contributed by atoms with Crippen LogP contribution < -0.4 is 15.1 Å². The third-order valence-electron chi connectivity index (χ3n) is 1.80. The van der Waals surface area contributed by atoms with Crippen molar-refractivity contribution in [1.82, 2.24) is 4.98 Å². The van der Waals surface area contributed by atoms with Crippen molar-refractivity contribution >= 4 is 18.4 Å². The molecule has 0 radical (unpaired) electrons. The van der Waals surface area contributed by atoms with Crippen LogP contribution >= 0.6 is 0 Å². The third-order valence-corrected chi connectivity index (χ3v) is 1.80. The second-order valence-corrected chi connectivity index (χ2v) is 3.04. The average molecular weight is 196 g/mol. The minimum absolute atomic E-state index is 0.228. The molecule has 5 nitrogen and oxygen atoms in total. The summed E-state index contributed by atoms with van der Waals surface area (Å²) in [6.45, 7) is 0. The van der Waals surface area contributed by atoms with Crippen LogP contribution in [0.3, 0.4) is 0 Å². The van der Waals surface area contributed by atoms with Crippen LogP contribution in [0.1, 0.15) is 0 Å². The highest BCUT2D eigenvalue weighted by atomic mass is 16.5. The zero-order valence-electron chi connectivity index (χ0n) is 8.43. The Morgan fingerprint density at radius 2 is 2.00 bits per heavy atom. The summed E-state index contributed by atoms with van der Waals surface area (Å²) in [5.41, 5.74) is 0.262. The number of anilines is 1. The van der Waals surface area contributed by atoms with Gasteiger partial charge in [0.25, 0.3) is 0 Å². The summed E-state index contributed by atoms with van der Waals surface area (Å²) < 4.78 is 4.94. The first-order chi connectivity index (χ1) is 6.56. The molecule has 0 amide bonds. The summed E-state index contributed by atoms with van der Waals surface area (Å²) in [5.74, 6) is 0.928. The van der Waals surface area contributed by atoms with Gasteiger partial charge in [-0.25, -0.2) is 0 Å².